The lowest BCUT2D eigenvalue weighted by molar-refractivity contribution is -0.161. The Morgan fingerprint density at radius 3 is 1.44 bits per heavy atom. The third kappa shape index (κ3) is 37.1. The lowest BCUT2D eigenvalue weighted by atomic mass is 10.0. The van der Waals surface area contributed by atoms with Crippen LogP contribution in [0.2, 0.25) is 0 Å². The summed E-state index contributed by atoms with van der Waals surface area (Å²) < 4.78 is 26.3. The molecular weight excluding hydrogens is 627 g/mol. The molecule has 1 atom stereocenters. The molecule has 280 valence electrons. The van der Waals surface area contributed by atoms with Crippen LogP contribution in [0.4, 0.5) is 0 Å². The van der Waals surface area contributed by atoms with Crippen LogP contribution in [0.1, 0.15) is 181 Å². The Morgan fingerprint density at radius 2 is 0.938 bits per heavy atom. The Bertz CT molecular complexity index is 879. The standard InChI is InChI=1S/C39H71O8P/c1-3-5-7-9-11-13-15-17-18-19-20-22-23-25-27-29-31-33-38(40)45-35-37(36-46-48(42,43)44)47-39(41)34-32-30-28-26-24-21-16-14-12-10-8-6-4-2/h11,13,17-18,20,22,37H,3-10,12,14-16,19,21,23-36H2,1-2H3,(H2,42,43,44)/b13-11-,18-17-,22-20-/t37-/m1/s1. The first-order valence-corrected chi connectivity index (χ1v) is 20.8. The number of carbonyl (C=O) groups is 2. The number of hydrogen-bond donors (Lipinski definition) is 2. The van der Waals surface area contributed by atoms with Crippen LogP contribution in [0.25, 0.3) is 0 Å². The molecule has 0 saturated carbocycles. The molecule has 0 bridgehead atoms. The third-order valence-corrected chi connectivity index (χ3v) is 8.65. The van der Waals surface area contributed by atoms with E-state index in [2.05, 4.69) is 54.8 Å². The van der Waals surface area contributed by atoms with Gasteiger partial charge in [-0.15, -0.1) is 0 Å². The predicted molar refractivity (Wildman–Crippen MR) is 198 cm³/mol. The van der Waals surface area contributed by atoms with Crippen molar-refractivity contribution in [3.8, 4) is 0 Å². The van der Waals surface area contributed by atoms with Crippen molar-refractivity contribution < 1.29 is 37.9 Å². The molecule has 0 fully saturated rings. The highest BCUT2D eigenvalue weighted by Crippen LogP contribution is 2.36. The maximum absolute atomic E-state index is 12.3. The van der Waals surface area contributed by atoms with E-state index < -0.39 is 32.5 Å². The van der Waals surface area contributed by atoms with Gasteiger partial charge in [-0.05, 0) is 51.4 Å². The highest BCUT2D eigenvalue weighted by Gasteiger charge is 2.22. The van der Waals surface area contributed by atoms with Crippen molar-refractivity contribution in [3.63, 3.8) is 0 Å². The number of esters is 2. The van der Waals surface area contributed by atoms with Crippen molar-refractivity contribution in [2.75, 3.05) is 13.2 Å². The Balaban J connectivity index is 3.99. The molecule has 48 heavy (non-hydrogen) atoms. The Labute approximate surface area is 293 Å². The van der Waals surface area contributed by atoms with E-state index >= 15 is 0 Å². The van der Waals surface area contributed by atoms with E-state index in [1.54, 1.807) is 0 Å². The first-order chi connectivity index (χ1) is 23.3. The van der Waals surface area contributed by atoms with Crippen LogP contribution in [-0.2, 0) is 28.2 Å². The smallest absolute Gasteiger partial charge is 0.462 e. The van der Waals surface area contributed by atoms with Gasteiger partial charge in [0, 0.05) is 12.8 Å². The maximum atomic E-state index is 12.3. The number of unbranched alkanes of at least 4 members (excludes halogenated alkanes) is 19. The number of hydrogen-bond acceptors (Lipinski definition) is 6. The summed E-state index contributed by atoms with van der Waals surface area (Å²) in [6.07, 6.45) is 40.0. The maximum Gasteiger partial charge on any atom is 0.469 e. The summed E-state index contributed by atoms with van der Waals surface area (Å²) in [6, 6.07) is 0. The van der Waals surface area contributed by atoms with Crippen molar-refractivity contribution in [2.45, 2.75) is 187 Å². The molecule has 0 radical (unpaired) electrons. The minimum Gasteiger partial charge on any atom is -0.462 e. The van der Waals surface area contributed by atoms with Gasteiger partial charge in [0.1, 0.15) is 6.61 Å². The van der Waals surface area contributed by atoms with Gasteiger partial charge in [-0.2, -0.15) is 0 Å². The van der Waals surface area contributed by atoms with Gasteiger partial charge >= 0.3 is 19.8 Å². The lowest BCUT2D eigenvalue weighted by Crippen LogP contribution is -2.29. The van der Waals surface area contributed by atoms with Gasteiger partial charge in [0.2, 0.25) is 0 Å². The highest BCUT2D eigenvalue weighted by atomic mass is 31.2. The fourth-order valence-corrected chi connectivity index (χ4v) is 5.62. The molecule has 0 aromatic heterocycles. The van der Waals surface area contributed by atoms with Gasteiger partial charge < -0.3 is 19.3 Å². The van der Waals surface area contributed by atoms with Crippen LogP contribution < -0.4 is 0 Å². The second kappa shape index (κ2) is 35.1. The topological polar surface area (TPSA) is 119 Å². The molecule has 0 aliphatic heterocycles. The molecule has 2 N–H and O–H groups in total. The van der Waals surface area contributed by atoms with Gasteiger partial charge in [-0.1, -0.05) is 153 Å². The fraction of sp³-hybridized carbons (Fsp3) is 0.795. The minimum absolute atomic E-state index is 0.209. The number of rotatable bonds is 35. The van der Waals surface area contributed by atoms with Gasteiger partial charge in [-0.3, -0.25) is 14.1 Å². The Kier molecular flexibility index (Phi) is 33.8. The zero-order valence-electron chi connectivity index (χ0n) is 30.6. The molecule has 0 aromatic carbocycles. The average Bonchev–Trinajstić information content (AvgIpc) is 3.05. The SMILES string of the molecule is CCCCC/C=C\C/C=C\C/C=C\CCCCCCC(=O)OC[C@H](COP(=O)(O)O)OC(=O)CCCCCCCCCCCCCCC. The van der Waals surface area contributed by atoms with E-state index in [0.29, 0.717) is 12.8 Å². The zero-order valence-corrected chi connectivity index (χ0v) is 31.5. The fourth-order valence-electron chi connectivity index (χ4n) is 5.26. The average molecular weight is 699 g/mol. The molecule has 0 amide bonds. The molecule has 0 unspecified atom stereocenters. The molecule has 0 spiro atoms. The largest absolute Gasteiger partial charge is 0.469 e. The molecular formula is C39H71O8P. The molecule has 0 heterocycles. The molecule has 0 rings (SSSR count). The summed E-state index contributed by atoms with van der Waals surface area (Å²) in [7, 11) is -4.75. The van der Waals surface area contributed by atoms with Crippen LogP contribution in [-0.4, -0.2) is 41.0 Å². The van der Waals surface area contributed by atoms with E-state index in [1.807, 2.05) is 0 Å². The summed E-state index contributed by atoms with van der Waals surface area (Å²) in [4.78, 5) is 42.7. The van der Waals surface area contributed by atoms with Crippen molar-refractivity contribution in [1.82, 2.24) is 0 Å². The molecule has 9 heteroatoms. The zero-order chi connectivity index (χ0) is 35.4. The minimum atomic E-state index is -4.75. The first kappa shape index (κ1) is 46.3. The molecule has 0 saturated heterocycles. The summed E-state index contributed by atoms with van der Waals surface area (Å²) in [5, 5.41) is 0. The lowest BCUT2D eigenvalue weighted by Gasteiger charge is -2.18. The van der Waals surface area contributed by atoms with E-state index in [4.69, 9.17) is 19.3 Å². The normalized spacial score (nSPS) is 12.8. The second-order valence-electron chi connectivity index (χ2n) is 12.9. The summed E-state index contributed by atoms with van der Waals surface area (Å²) in [6.45, 7) is 3.63. The summed E-state index contributed by atoms with van der Waals surface area (Å²) >= 11 is 0. The van der Waals surface area contributed by atoms with Crippen LogP contribution in [0.15, 0.2) is 36.5 Å². The van der Waals surface area contributed by atoms with Crippen LogP contribution in [0.3, 0.4) is 0 Å². The summed E-state index contributed by atoms with van der Waals surface area (Å²) in [5.41, 5.74) is 0. The highest BCUT2D eigenvalue weighted by molar-refractivity contribution is 7.46. The van der Waals surface area contributed by atoms with Crippen molar-refractivity contribution >= 4 is 19.8 Å². The van der Waals surface area contributed by atoms with Gasteiger partial charge in [-0.25, -0.2) is 4.57 Å². The van der Waals surface area contributed by atoms with Gasteiger partial charge in [0.05, 0.1) is 6.61 Å². The second-order valence-corrected chi connectivity index (χ2v) is 14.1. The number of carbonyl (C=O) groups excluding carboxylic acids is 2. The van der Waals surface area contributed by atoms with Crippen molar-refractivity contribution in [2.24, 2.45) is 0 Å². The predicted octanol–water partition coefficient (Wildman–Crippen LogP) is 11.4. The summed E-state index contributed by atoms with van der Waals surface area (Å²) in [5.74, 6) is -0.907. The van der Waals surface area contributed by atoms with Crippen LogP contribution in [0.5, 0.6) is 0 Å². The number of ether oxygens (including phenoxy) is 2. The molecule has 8 nitrogen and oxygen atoms in total. The quantitative estimate of drug-likeness (QED) is 0.0290. The number of allylic oxidation sites excluding steroid dienone is 6. The van der Waals surface area contributed by atoms with E-state index in [1.165, 1.54) is 83.5 Å². The van der Waals surface area contributed by atoms with Gasteiger partial charge in [0.25, 0.3) is 0 Å². The molecule has 0 aliphatic rings. The molecule has 0 aliphatic carbocycles. The van der Waals surface area contributed by atoms with E-state index in [-0.39, 0.29) is 19.4 Å². The number of phosphoric ester groups is 1. The van der Waals surface area contributed by atoms with Crippen molar-refractivity contribution in [1.29, 1.82) is 0 Å². The Morgan fingerprint density at radius 1 is 0.542 bits per heavy atom. The molecule has 0 aromatic rings. The third-order valence-electron chi connectivity index (χ3n) is 8.16. The number of phosphoric acid groups is 1. The van der Waals surface area contributed by atoms with Crippen molar-refractivity contribution in [3.05, 3.63) is 36.5 Å². The Hall–Kier alpha value is -1.73. The monoisotopic (exact) mass is 698 g/mol. The van der Waals surface area contributed by atoms with Crippen LogP contribution >= 0.6 is 7.82 Å². The van der Waals surface area contributed by atoms with Gasteiger partial charge in [0.15, 0.2) is 6.10 Å². The van der Waals surface area contributed by atoms with Crippen LogP contribution in [0, 0.1) is 0 Å². The van der Waals surface area contributed by atoms with E-state index in [9.17, 15) is 14.2 Å². The first-order valence-electron chi connectivity index (χ1n) is 19.3. The van der Waals surface area contributed by atoms with E-state index in [0.717, 1.165) is 57.8 Å².